The fraction of sp³-hybridized carbons (Fsp3) is 0.150. The number of fused-ring (bicyclic) bond motifs is 1. The van der Waals surface area contributed by atoms with Crippen LogP contribution in [0.3, 0.4) is 0 Å². The molecule has 0 bridgehead atoms. The Morgan fingerprint density at radius 3 is 2.39 bits per heavy atom. The molecule has 1 heterocycles. The van der Waals surface area contributed by atoms with Gasteiger partial charge in [0.1, 0.15) is 17.5 Å². The van der Waals surface area contributed by atoms with Gasteiger partial charge < -0.3 is 0 Å². The first-order chi connectivity index (χ1) is 13.2. The molecule has 1 aromatic heterocycles. The van der Waals surface area contributed by atoms with E-state index >= 15 is 0 Å². The fourth-order valence-electron chi connectivity index (χ4n) is 2.82. The zero-order valence-electron chi connectivity index (χ0n) is 14.9. The van der Waals surface area contributed by atoms with Gasteiger partial charge in [0.05, 0.1) is 16.6 Å². The van der Waals surface area contributed by atoms with E-state index in [1.807, 2.05) is 6.92 Å². The van der Waals surface area contributed by atoms with Crippen LogP contribution in [0.5, 0.6) is 0 Å². The summed E-state index contributed by atoms with van der Waals surface area (Å²) in [7, 11) is 0. The molecule has 3 rings (SSSR count). The predicted molar refractivity (Wildman–Crippen MR) is 112 cm³/mol. The quantitative estimate of drug-likeness (QED) is 0.443. The molecule has 0 atom stereocenters. The lowest BCUT2D eigenvalue weighted by Gasteiger charge is -2.16. The molecular weight excluding hydrogens is 498 g/mol. The highest BCUT2D eigenvalue weighted by molar-refractivity contribution is 9.11. The molecule has 0 aliphatic rings. The van der Waals surface area contributed by atoms with Gasteiger partial charge in [-0.1, -0.05) is 6.92 Å². The molecule has 144 valence electrons. The summed E-state index contributed by atoms with van der Waals surface area (Å²) < 4.78 is 30.1. The van der Waals surface area contributed by atoms with Gasteiger partial charge in [-0.05, 0) is 69.1 Å². The first-order valence-electron chi connectivity index (χ1n) is 8.31. The smallest absolute Gasteiger partial charge is 0.266 e. The molecule has 0 fully saturated rings. The Labute approximate surface area is 176 Å². The van der Waals surface area contributed by atoms with E-state index in [9.17, 15) is 18.4 Å². The minimum atomic E-state index is -0.583. The van der Waals surface area contributed by atoms with E-state index in [2.05, 4.69) is 36.8 Å². The number of carbonyl (C=O) groups excluding carboxylic acids is 1. The molecule has 0 spiro atoms. The Kier molecular flexibility index (Phi) is 5.90. The van der Waals surface area contributed by atoms with Gasteiger partial charge in [0, 0.05) is 27.0 Å². The van der Waals surface area contributed by atoms with E-state index in [0.717, 1.165) is 0 Å². The predicted octanol–water partition coefficient (Wildman–Crippen LogP) is 5.35. The molecule has 0 radical (unpaired) electrons. The Balaban J connectivity index is 2.38. The second kappa shape index (κ2) is 8.05. The fourth-order valence-corrected chi connectivity index (χ4v) is 4.31. The summed E-state index contributed by atoms with van der Waals surface area (Å²) in [4.78, 5) is 28.9. The SMILES string of the molecule is CCc1nc2cc(F)c(/C=C/C(C)=O)cc2c(=O)n1-c1c(Br)cc(F)cc1Br. The molecule has 0 aliphatic carbocycles. The number of hydrogen-bond donors (Lipinski definition) is 0. The van der Waals surface area contributed by atoms with Crippen molar-refractivity contribution in [2.24, 2.45) is 0 Å². The van der Waals surface area contributed by atoms with Gasteiger partial charge >= 0.3 is 0 Å². The third-order valence-electron chi connectivity index (χ3n) is 4.08. The standard InChI is InChI=1S/C20H14Br2F2N2O2/c1-3-18-25-17-9-16(24)11(5-4-10(2)27)6-13(17)20(28)26(18)19-14(21)7-12(23)8-15(19)22/h4-9H,3H2,1-2H3/b5-4+. The molecule has 0 N–H and O–H groups in total. The van der Waals surface area contributed by atoms with E-state index in [0.29, 0.717) is 26.9 Å². The summed E-state index contributed by atoms with van der Waals surface area (Å²) in [5, 5.41) is 0.185. The maximum absolute atomic E-state index is 14.4. The Morgan fingerprint density at radius 1 is 1.18 bits per heavy atom. The topological polar surface area (TPSA) is 52.0 Å². The summed E-state index contributed by atoms with van der Waals surface area (Å²) in [5.41, 5.74) is 0.301. The van der Waals surface area contributed by atoms with Crippen molar-refractivity contribution in [3.63, 3.8) is 0 Å². The van der Waals surface area contributed by atoms with Crippen molar-refractivity contribution in [3.8, 4) is 5.69 Å². The number of ketones is 1. The molecule has 0 aliphatic heterocycles. The zero-order chi connectivity index (χ0) is 20.6. The van der Waals surface area contributed by atoms with Gasteiger partial charge in [0.15, 0.2) is 5.78 Å². The minimum Gasteiger partial charge on any atom is -0.295 e. The van der Waals surface area contributed by atoms with Crippen LogP contribution in [0.2, 0.25) is 0 Å². The van der Waals surface area contributed by atoms with Crippen LogP contribution in [0.15, 0.2) is 44.1 Å². The number of aromatic nitrogens is 2. The number of benzene rings is 2. The van der Waals surface area contributed by atoms with E-state index < -0.39 is 17.2 Å². The lowest BCUT2D eigenvalue weighted by atomic mass is 10.1. The highest BCUT2D eigenvalue weighted by Crippen LogP contribution is 2.31. The van der Waals surface area contributed by atoms with Crippen molar-refractivity contribution < 1.29 is 13.6 Å². The molecule has 0 unspecified atom stereocenters. The van der Waals surface area contributed by atoms with Crippen molar-refractivity contribution in [3.05, 3.63) is 72.7 Å². The Hall–Kier alpha value is -2.19. The summed E-state index contributed by atoms with van der Waals surface area (Å²) in [6.07, 6.45) is 2.94. The molecule has 0 amide bonds. The van der Waals surface area contributed by atoms with Gasteiger partial charge in [-0.15, -0.1) is 0 Å². The van der Waals surface area contributed by atoms with Crippen LogP contribution in [-0.4, -0.2) is 15.3 Å². The van der Waals surface area contributed by atoms with E-state index in [1.54, 1.807) is 0 Å². The molecule has 4 nitrogen and oxygen atoms in total. The van der Waals surface area contributed by atoms with Crippen LogP contribution >= 0.6 is 31.9 Å². The van der Waals surface area contributed by atoms with Crippen molar-refractivity contribution >= 4 is 54.6 Å². The number of allylic oxidation sites excluding steroid dienone is 1. The third-order valence-corrected chi connectivity index (χ3v) is 5.28. The summed E-state index contributed by atoms with van der Waals surface area (Å²) in [5.74, 6) is -0.894. The number of carbonyl (C=O) groups is 1. The van der Waals surface area contributed by atoms with Crippen LogP contribution in [0, 0.1) is 11.6 Å². The third kappa shape index (κ3) is 3.84. The largest absolute Gasteiger partial charge is 0.295 e. The summed E-state index contributed by atoms with van der Waals surface area (Å²) >= 11 is 6.59. The van der Waals surface area contributed by atoms with E-state index in [-0.39, 0.29) is 22.2 Å². The van der Waals surface area contributed by atoms with Gasteiger partial charge in [0.2, 0.25) is 0 Å². The lowest BCUT2D eigenvalue weighted by molar-refractivity contribution is -0.112. The summed E-state index contributed by atoms with van der Waals surface area (Å²) in [6, 6.07) is 5.04. The van der Waals surface area contributed by atoms with Crippen LogP contribution in [0.25, 0.3) is 22.7 Å². The first-order valence-corrected chi connectivity index (χ1v) is 9.90. The van der Waals surface area contributed by atoms with Gasteiger partial charge in [-0.25, -0.2) is 13.8 Å². The van der Waals surface area contributed by atoms with Crippen molar-refractivity contribution in [2.75, 3.05) is 0 Å². The van der Waals surface area contributed by atoms with E-state index in [4.69, 9.17) is 0 Å². The van der Waals surface area contributed by atoms with Crippen LogP contribution < -0.4 is 5.56 Å². The molecule has 2 aromatic carbocycles. The second-order valence-corrected chi connectivity index (χ2v) is 7.78. The van der Waals surface area contributed by atoms with Crippen LogP contribution in [0.1, 0.15) is 25.2 Å². The van der Waals surface area contributed by atoms with Crippen LogP contribution in [0.4, 0.5) is 8.78 Å². The van der Waals surface area contributed by atoms with E-state index in [1.165, 1.54) is 47.9 Å². The molecular formula is C20H14Br2F2N2O2. The second-order valence-electron chi connectivity index (χ2n) is 6.08. The molecule has 0 saturated carbocycles. The van der Waals surface area contributed by atoms with Crippen molar-refractivity contribution in [1.29, 1.82) is 0 Å². The monoisotopic (exact) mass is 510 g/mol. The minimum absolute atomic E-state index is 0.106. The first kappa shape index (κ1) is 20.5. The van der Waals surface area contributed by atoms with Gasteiger partial charge in [-0.3, -0.25) is 14.2 Å². The zero-order valence-corrected chi connectivity index (χ0v) is 18.1. The van der Waals surface area contributed by atoms with Gasteiger partial charge in [0.25, 0.3) is 5.56 Å². The molecule has 28 heavy (non-hydrogen) atoms. The normalized spacial score (nSPS) is 11.5. The maximum Gasteiger partial charge on any atom is 0.266 e. The average Bonchev–Trinajstić information content (AvgIpc) is 2.61. The number of halogens is 4. The highest BCUT2D eigenvalue weighted by atomic mass is 79.9. The van der Waals surface area contributed by atoms with Crippen molar-refractivity contribution in [1.82, 2.24) is 9.55 Å². The molecule has 0 saturated heterocycles. The summed E-state index contributed by atoms with van der Waals surface area (Å²) in [6.45, 7) is 3.16. The van der Waals surface area contributed by atoms with Crippen molar-refractivity contribution in [2.45, 2.75) is 20.3 Å². The van der Waals surface area contributed by atoms with Crippen LogP contribution in [-0.2, 0) is 11.2 Å². The van der Waals surface area contributed by atoms with Gasteiger partial charge in [-0.2, -0.15) is 0 Å². The average molecular weight is 512 g/mol. The number of aryl methyl sites for hydroxylation is 1. The Morgan fingerprint density at radius 2 is 1.82 bits per heavy atom. The number of rotatable bonds is 4. The number of hydrogen-bond acceptors (Lipinski definition) is 3. The lowest BCUT2D eigenvalue weighted by Crippen LogP contribution is -2.24. The Bertz CT molecular complexity index is 1180. The molecule has 3 aromatic rings. The molecule has 8 heteroatoms. The highest BCUT2D eigenvalue weighted by Gasteiger charge is 2.18. The maximum atomic E-state index is 14.4. The number of nitrogens with zero attached hydrogens (tertiary/aromatic N) is 2.